The number of nitrogens with one attached hydrogen (secondary N) is 3. The number of H-pyrrole nitrogens is 1. The summed E-state index contributed by atoms with van der Waals surface area (Å²) in [6.45, 7) is 5.52. The quantitative estimate of drug-likeness (QED) is 0.682. The van der Waals surface area contributed by atoms with Crippen LogP contribution < -0.4 is 10.6 Å². The minimum atomic E-state index is -0.199. The van der Waals surface area contributed by atoms with E-state index in [1.807, 2.05) is 26.0 Å². The summed E-state index contributed by atoms with van der Waals surface area (Å²) < 4.78 is 0. The molecule has 0 aliphatic rings. The van der Waals surface area contributed by atoms with Crippen LogP contribution in [0.2, 0.25) is 0 Å². The van der Waals surface area contributed by atoms with Crippen LogP contribution >= 0.6 is 0 Å². The summed E-state index contributed by atoms with van der Waals surface area (Å²) in [6, 6.07) is 13.0. The van der Waals surface area contributed by atoms with Gasteiger partial charge in [0.25, 0.3) is 5.91 Å². The van der Waals surface area contributed by atoms with E-state index >= 15 is 0 Å². The Kier molecular flexibility index (Phi) is 4.08. The van der Waals surface area contributed by atoms with E-state index in [-0.39, 0.29) is 11.8 Å². The number of aryl methyl sites for hydroxylation is 2. The van der Waals surface area contributed by atoms with Crippen molar-refractivity contribution >= 4 is 34.1 Å². The SMILES string of the molecule is CC(=O)Nc1ccc(NC(=O)c2cc3c(C)cc(C)cc3[nH]2)cc1. The third kappa shape index (κ3) is 3.30. The van der Waals surface area contributed by atoms with Gasteiger partial charge in [0.15, 0.2) is 0 Å². The zero-order valence-electron chi connectivity index (χ0n) is 13.9. The molecule has 0 atom stereocenters. The van der Waals surface area contributed by atoms with Gasteiger partial charge in [-0.1, -0.05) is 6.07 Å². The number of anilines is 2. The Morgan fingerprint density at radius 3 is 2.17 bits per heavy atom. The van der Waals surface area contributed by atoms with Gasteiger partial charge in [-0.2, -0.15) is 0 Å². The van der Waals surface area contributed by atoms with Gasteiger partial charge in [-0.15, -0.1) is 0 Å². The smallest absolute Gasteiger partial charge is 0.272 e. The fraction of sp³-hybridized carbons (Fsp3) is 0.158. The average Bonchev–Trinajstić information content (AvgIpc) is 2.93. The molecular formula is C19H19N3O2. The van der Waals surface area contributed by atoms with E-state index in [9.17, 15) is 9.59 Å². The van der Waals surface area contributed by atoms with E-state index in [1.165, 1.54) is 6.92 Å². The number of carbonyl (C=O) groups excluding carboxylic acids is 2. The maximum atomic E-state index is 12.4. The van der Waals surface area contributed by atoms with Crippen LogP contribution in [0.1, 0.15) is 28.5 Å². The van der Waals surface area contributed by atoms with Gasteiger partial charge in [-0.25, -0.2) is 0 Å². The van der Waals surface area contributed by atoms with Gasteiger partial charge in [-0.05, 0) is 61.4 Å². The average molecular weight is 321 g/mol. The Hall–Kier alpha value is -3.08. The van der Waals surface area contributed by atoms with Crippen LogP contribution in [0.5, 0.6) is 0 Å². The molecule has 1 heterocycles. The Morgan fingerprint density at radius 2 is 1.54 bits per heavy atom. The molecule has 0 radical (unpaired) electrons. The molecule has 0 unspecified atom stereocenters. The first-order chi connectivity index (χ1) is 11.4. The summed E-state index contributed by atoms with van der Waals surface area (Å²) in [5.74, 6) is -0.328. The third-order valence-corrected chi connectivity index (χ3v) is 3.80. The summed E-state index contributed by atoms with van der Waals surface area (Å²) in [7, 11) is 0. The zero-order valence-corrected chi connectivity index (χ0v) is 13.9. The molecule has 0 aliphatic carbocycles. The fourth-order valence-corrected chi connectivity index (χ4v) is 2.76. The lowest BCUT2D eigenvalue weighted by atomic mass is 10.1. The third-order valence-electron chi connectivity index (χ3n) is 3.80. The van der Waals surface area contributed by atoms with Crippen LogP contribution in [-0.2, 0) is 4.79 Å². The molecule has 24 heavy (non-hydrogen) atoms. The summed E-state index contributed by atoms with van der Waals surface area (Å²) in [5, 5.41) is 6.59. The molecule has 0 saturated carbocycles. The second-order valence-electron chi connectivity index (χ2n) is 5.94. The first kappa shape index (κ1) is 15.8. The molecule has 2 amide bonds. The highest BCUT2D eigenvalue weighted by molar-refractivity contribution is 6.06. The second-order valence-corrected chi connectivity index (χ2v) is 5.94. The summed E-state index contributed by atoms with van der Waals surface area (Å²) in [6.07, 6.45) is 0. The number of fused-ring (bicyclic) bond motifs is 1. The highest BCUT2D eigenvalue weighted by Gasteiger charge is 2.11. The molecule has 3 aromatic rings. The van der Waals surface area contributed by atoms with Crippen molar-refractivity contribution in [3.05, 3.63) is 59.3 Å². The Morgan fingerprint density at radius 1 is 0.917 bits per heavy atom. The molecule has 2 aromatic carbocycles. The second kappa shape index (κ2) is 6.20. The van der Waals surface area contributed by atoms with Crippen molar-refractivity contribution in [1.82, 2.24) is 4.98 Å². The van der Waals surface area contributed by atoms with Gasteiger partial charge in [0.1, 0.15) is 5.69 Å². The minimum Gasteiger partial charge on any atom is -0.351 e. The van der Waals surface area contributed by atoms with Gasteiger partial charge < -0.3 is 15.6 Å². The zero-order chi connectivity index (χ0) is 17.3. The Labute approximate surface area is 140 Å². The molecule has 1 aromatic heterocycles. The standard InChI is InChI=1S/C19H19N3O2/c1-11-8-12(2)16-10-18(22-17(16)9-11)19(24)21-15-6-4-14(5-7-15)20-13(3)23/h4-10,22H,1-3H3,(H,20,23)(H,21,24). The summed E-state index contributed by atoms with van der Waals surface area (Å²) >= 11 is 0. The minimum absolute atomic E-state index is 0.129. The number of aromatic nitrogens is 1. The van der Waals surface area contributed by atoms with Crippen molar-refractivity contribution in [2.45, 2.75) is 20.8 Å². The highest BCUT2D eigenvalue weighted by atomic mass is 16.2. The lowest BCUT2D eigenvalue weighted by molar-refractivity contribution is -0.114. The van der Waals surface area contributed by atoms with Crippen molar-refractivity contribution < 1.29 is 9.59 Å². The first-order valence-corrected chi connectivity index (χ1v) is 7.71. The number of rotatable bonds is 3. The van der Waals surface area contributed by atoms with Gasteiger partial charge in [0.05, 0.1) is 0 Å². The lowest BCUT2D eigenvalue weighted by Gasteiger charge is -2.06. The maximum Gasteiger partial charge on any atom is 0.272 e. The molecular weight excluding hydrogens is 302 g/mol. The van der Waals surface area contributed by atoms with Crippen molar-refractivity contribution in [1.29, 1.82) is 0 Å². The van der Waals surface area contributed by atoms with Crippen LogP contribution in [0, 0.1) is 13.8 Å². The van der Waals surface area contributed by atoms with E-state index in [2.05, 4.69) is 21.7 Å². The van der Waals surface area contributed by atoms with E-state index in [1.54, 1.807) is 24.3 Å². The number of carbonyl (C=O) groups is 2. The fourth-order valence-electron chi connectivity index (χ4n) is 2.76. The van der Waals surface area contributed by atoms with Crippen LogP contribution in [0.3, 0.4) is 0 Å². The molecule has 0 aliphatic heterocycles. The first-order valence-electron chi connectivity index (χ1n) is 7.71. The van der Waals surface area contributed by atoms with E-state index in [4.69, 9.17) is 0 Å². The monoisotopic (exact) mass is 321 g/mol. The van der Waals surface area contributed by atoms with Crippen LogP contribution in [-0.4, -0.2) is 16.8 Å². The Balaban J connectivity index is 1.79. The molecule has 0 spiro atoms. The summed E-state index contributed by atoms with van der Waals surface area (Å²) in [5.41, 5.74) is 5.13. The predicted molar refractivity (Wildman–Crippen MR) is 96.5 cm³/mol. The van der Waals surface area contributed by atoms with Gasteiger partial charge >= 0.3 is 0 Å². The molecule has 3 rings (SSSR count). The molecule has 3 N–H and O–H groups in total. The Bertz CT molecular complexity index is 924. The van der Waals surface area contributed by atoms with Crippen molar-refractivity contribution in [3.8, 4) is 0 Å². The topological polar surface area (TPSA) is 74.0 Å². The van der Waals surface area contributed by atoms with E-state index in [0.717, 1.165) is 22.0 Å². The van der Waals surface area contributed by atoms with E-state index in [0.29, 0.717) is 17.1 Å². The van der Waals surface area contributed by atoms with Crippen LogP contribution in [0.4, 0.5) is 11.4 Å². The van der Waals surface area contributed by atoms with Gasteiger partial charge in [0.2, 0.25) is 5.91 Å². The number of amides is 2. The number of aromatic amines is 1. The molecule has 0 bridgehead atoms. The van der Waals surface area contributed by atoms with Gasteiger partial charge in [-0.3, -0.25) is 9.59 Å². The molecule has 5 heteroatoms. The van der Waals surface area contributed by atoms with Gasteiger partial charge in [0, 0.05) is 29.2 Å². The molecule has 122 valence electrons. The van der Waals surface area contributed by atoms with Crippen molar-refractivity contribution in [3.63, 3.8) is 0 Å². The van der Waals surface area contributed by atoms with Crippen molar-refractivity contribution in [2.75, 3.05) is 10.6 Å². The number of benzene rings is 2. The van der Waals surface area contributed by atoms with Crippen molar-refractivity contribution in [2.24, 2.45) is 0 Å². The molecule has 0 saturated heterocycles. The number of hydrogen-bond donors (Lipinski definition) is 3. The largest absolute Gasteiger partial charge is 0.351 e. The van der Waals surface area contributed by atoms with Crippen LogP contribution in [0.25, 0.3) is 10.9 Å². The molecule has 5 nitrogen and oxygen atoms in total. The maximum absolute atomic E-state index is 12.4. The van der Waals surface area contributed by atoms with Crippen LogP contribution in [0.15, 0.2) is 42.5 Å². The lowest BCUT2D eigenvalue weighted by Crippen LogP contribution is -2.12. The highest BCUT2D eigenvalue weighted by Crippen LogP contribution is 2.22. The molecule has 0 fully saturated rings. The number of hydrogen-bond acceptors (Lipinski definition) is 2. The van der Waals surface area contributed by atoms with E-state index < -0.39 is 0 Å². The normalized spacial score (nSPS) is 10.6. The summed E-state index contributed by atoms with van der Waals surface area (Å²) in [4.78, 5) is 26.6. The predicted octanol–water partition coefficient (Wildman–Crippen LogP) is 4.00.